The van der Waals surface area contributed by atoms with Gasteiger partial charge in [0.15, 0.2) is 5.82 Å². The Morgan fingerprint density at radius 1 is 1.53 bits per heavy atom. The van der Waals surface area contributed by atoms with Crippen LogP contribution >= 0.6 is 11.6 Å². The van der Waals surface area contributed by atoms with Crippen molar-refractivity contribution in [3.05, 3.63) is 11.2 Å². The highest BCUT2D eigenvalue weighted by atomic mass is 35.5. The third-order valence-electron chi connectivity index (χ3n) is 1.91. The second kappa shape index (κ2) is 5.72. The molecule has 1 heterocycles. The van der Waals surface area contributed by atoms with Crippen molar-refractivity contribution < 1.29 is 5.11 Å². The summed E-state index contributed by atoms with van der Waals surface area (Å²) >= 11 is 5.96. The summed E-state index contributed by atoms with van der Waals surface area (Å²) in [6.07, 6.45) is 2.42. The summed E-state index contributed by atoms with van der Waals surface area (Å²) in [4.78, 5) is 9.74. The Morgan fingerprint density at radius 3 is 2.87 bits per heavy atom. The second-order valence-corrected chi connectivity index (χ2v) is 3.52. The molecular formula is C9H15ClN4O. The minimum absolute atomic E-state index is 0.0558. The highest BCUT2D eigenvalue weighted by molar-refractivity contribution is 6.32. The van der Waals surface area contributed by atoms with Crippen LogP contribution in [0.4, 0.5) is 11.8 Å². The van der Waals surface area contributed by atoms with Crippen LogP contribution in [0.1, 0.15) is 13.3 Å². The molecule has 0 saturated heterocycles. The highest BCUT2D eigenvalue weighted by Gasteiger charge is 2.11. The Hall–Kier alpha value is -1.07. The standard InChI is InChI=1S/C9H15ClN4O/c1-2-3-14(4-5-15)8-7(10)6-12-9(11)13-8/h6,15H,2-5H2,1H3,(H2,11,12,13). The predicted octanol–water partition coefficient (Wildman–Crippen LogP) is 0.921. The maximum absolute atomic E-state index is 8.93. The van der Waals surface area contributed by atoms with Gasteiger partial charge in [0.05, 0.1) is 12.8 Å². The van der Waals surface area contributed by atoms with E-state index in [1.165, 1.54) is 6.20 Å². The Kier molecular flexibility index (Phi) is 4.58. The number of nitrogens with zero attached hydrogens (tertiary/aromatic N) is 3. The number of anilines is 2. The van der Waals surface area contributed by atoms with Crippen LogP contribution in [0.3, 0.4) is 0 Å². The van der Waals surface area contributed by atoms with E-state index in [1.807, 2.05) is 11.8 Å². The maximum Gasteiger partial charge on any atom is 0.222 e. The van der Waals surface area contributed by atoms with Gasteiger partial charge >= 0.3 is 0 Å². The van der Waals surface area contributed by atoms with Gasteiger partial charge in [-0.05, 0) is 6.42 Å². The molecule has 0 bridgehead atoms. The molecule has 0 amide bonds. The molecule has 6 heteroatoms. The molecule has 0 fully saturated rings. The van der Waals surface area contributed by atoms with E-state index in [0.29, 0.717) is 17.4 Å². The SMILES string of the molecule is CCCN(CCO)c1nc(N)ncc1Cl. The van der Waals surface area contributed by atoms with Gasteiger partial charge in [-0.3, -0.25) is 0 Å². The zero-order chi connectivity index (χ0) is 11.3. The van der Waals surface area contributed by atoms with Crippen molar-refractivity contribution >= 4 is 23.4 Å². The van der Waals surface area contributed by atoms with Crippen LogP contribution in [0.5, 0.6) is 0 Å². The van der Waals surface area contributed by atoms with E-state index in [1.54, 1.807) is 0 Å². The van der Waals surface area contributed by atoms with Crippen molar-refractivity contribution in [2.75, 3.05) is 30.3 Å². The van der Waals surface area contributed by atoms with Crippen LogP contribution in [0, 0.1) is 0 Å². The molecule has 0 radical (unpaired) electrons. The summed E-state index contributed by atoms with van der Waals surface area (Å²) < 4.78 is 0. The van der Waals surface area contributed by atoms with Crippen LogP contribution in [0.25, 0.3) is 0 Å². The average Bonchev–Trinajstić information content (AvgIpc) is 2.21. The molecule has 0 aliphatic carbocycles. The lowest BCUT2D eigenvalue weighted by Crippen LogP contribution is -2.28. The topological polar surface area (TPSA) is 75.3 Å². The maximum atomic E-state index is 8.93. The van der Waals surface area contributed by atoms with Crippen molar-refractivity contribution in [2.45, 2.75) is 13.3 Å². The van der Waals surface area contributed by atoms with E-state index in [9.17, 15) is 0 Å². The zero-order valence-corrected chi connectivity index (χ0v) is 9.41. The number of rotatable bonds is 5. The van der Waals surface area contributed by atoms with Crippen LogP contribution in [0.2, 0.25) is 5.02 Å². The number of nitrogen functional groups attached to an aromatic ring is 1. The molecule has 1 rings (SSSR count). The molecule has 5 nitrogen and oxygen atoms in total. The first-order valence-electron chi connectivity index (χ1n) is 4.82. The summed E-state index contributed by atoms with van der Waals surface area (Å²) in [6, 6.07) is 0. The fourth-order valence-electron chi connectivity index (χ4n) is 1.31. The second-order valence-electron chi connectivity index (χ2n) is 3.11. The van der Waals surface area contributed by atoms with Gasteiger partial charge in [-0.2, -0.15) is 4.98 Å². The number of aliphatic hydroxyl groups excluding tert-OH is 1. The van der Waals surface area contributed by atoms with E-state index in [4.69, 9.17) is 22.4 Å². The monoisotopic (exact) mass is 230 g/mol. The Labute approximate surface area is 93.9 Å². The zero-order valence-electron chi connectivity index (χ0n) is 8.65. The molecule has 15 heavy (non-hydrogen) atoms. The third-order valence-corrected chi connectivity index (χ3v) is 2.17. The van der Waals surface area contributed by atoms with E-state index < -0.39 is 0 Å². The number of hydrogen-bond donors (Lipinski definition) is 2. The first-order chi connectivity index (χ1) is 7.19. The molecule has 0 aliphatic rings. The average molecular weight is 231 g/mol. The lowest BCUT2D eigenvalue weighted by molar-refractivity contribution is 0.301. The van der Waals surface area contributed by atoms with Crippen LogP contribution < -0.4 is 10.6 Å². The largest absolute Gasteiger partial charge is 0.395 e. The minimum atomic E-state index is 0.0558. The Morgan fingerprint density at radius 2 is 2.27 bits per heavy atom. The minimum Gasteiger partial charge on any atom is -0.395 e. The number of nitrogens with two attached hydrogens (primary N) is 1. The van der Waals surface area contributed by atoms with E-state index in [0.717, 1.165) is 13.0 Å². The van der Waals surface area contributed by atoms with Gasteiger partial charge in [-0.15, -0.1) is 0 Å². The number of aromatic nitrogens is 2. The van der Waals surface area contributed by atoms with Gasteiger partial charge in [0.2, 0.25) is 5.95 Å². The molecule has 0 saturated carbocycles. The van der Waals surface area contributed by atoms with Crippen LogP contribution in [-0.4, -0.2) is 34.8 Å². The van der Waals surface area contributed by atoms with Crippen molar-refractivity contribution in [3.63, 3.8) is 0 Å². The molecule has 1 aromatic heterocycles. The van der Waals surface area contributed by atoms with Gasteiger partial charge in [0, 0.05) is 13.1 Å². The van der Waals surface area contributed by atoms with Gasteiger partial charge < -0.3 is 15.7 Å². The van der Waals surface area contributed by atoms with Crippen molar-refractivity contribution in [1.82, 2.24) is 9.97 Å². The van der Waals surface area contributed by atoms with Crippen LogP contribution in [-0.2, 0) is 0 Å². The lowest BCUT2D eigenvalue weighted by atomic mass is 10.4. The van der Waals surface area contributed by atoms with Crippen molar-refractivity contribution in [3.8, 4) is 0 Å². The fourth-order valence-corrected chi connectivity index (χ4v) is 1.52. The van der Waals surface area contributed by atoms with E-state index in [2.05, 4.69) is 9.97 Å². The first kappa shape index (κ1) is 12.0. The van der Waals surface area contributed by atoms with Crippen molar-refractivity contribution in [1.29, 1.82) is 0 Å². The van der Waals surface area contributed by atoms with E-state index in [-0.39, 0.29) is 12.6 Å². The summed E-state index contributed by atoms with van der Waals surface area (Å²) in [7, 11) is 0. The van der Waals surface area contributed by atoms with Crippen LogP contribution in [0.15, 0.2) is 6.20 Å². The molecule has 0 aliphatic heterocycles. The summed E-state index contributed by atoms with van der Waals surface area (Å²) in [5.41, 5.74) is 5.49. The quantitative estimate of drug-likeness (QED) is 0.787. The number of halogens is 1. The molecule has 84 valence electrons. The molecule has 0 atom stereocenters. The van der Waals surface area contributed by atoms with Gasteiger partial charge in [-0.1, -0.05) is 18.5 Å². The van der Waals surface area contributed by atoms with Gasteiger partial charge in [-0.25, -0.2) is 4.98 Å². The number of hydrogen-bond acceptors (Lipinski definition) is 5. The first-order valence-corrected chi connectivity index (χ1v) is 5.20. The Balaban J connectivity index is 2.93. The molecule has 0 spiro atoms. The summed E-state index contributed by atoms with van der Waals surface area (Å²) in [6.45, 7) is 3.36. The predicted molar refractivity (Wildman–Crippen MR) is 61.0 cm³/mol. The summed E-state index contributed by atoms with van der Waals surface area (Å²) in [5.74, 6) is 0.772. The van der Waals surface area contributed by atoms with Crippen molar-refractivity contribution in [2.24, 2.45) is 0 Å². The molecule has 0 unspecified atom stereocenters. The normalized spacial score (nSPS) is 10.3. The van der Waals surface area contributed by atoms with Gasteiger partial charge in [0.25, 0.3) is 0 Å². The van der Waals surface area contributed by atoms with Gasteiger partial charge in [0.1, 0.15) is 5.02 Å². The fraction of sp³-hybridized carbons (Fsp3) is 0.556. The van der Waals surface area contributed by atoms with E-state index >= 15 is 0 Å². The third kappa shape index (κ3) is 3.21. The lowest BCUT2D eigenvalue weighted by Gasteiger charge is -2.22. The smallest absolute Gasteiger partial charge is 0.222 e. The summed E-state index contributed by atoms with van der Waals surface area (Å²) in [5, 5.41) is 9.38. The molecule has 3 N–H and O–H groups in total. The Bertz CT molecular complexity index is 315. The molecule has 1 aromatic rings. The number of aliphatic hydroxyl groups is 1. The molecule has 0 aromatic carbocycles. The highest BCUT2D eigenvalue weighted by Crippen LogP contribution is 2.22. The molecular weight excluding hydrogens is 216 g/mol.